The monoisotopic (exact) mass is 230 g/mol. The van der Waals surface area contributed by atoms with Crippen molar-refractivity contribution in [3.63, 3.8) is 0 Å². The third-order valence-corrected chi connectivity index (χ3v) is 2.16. The molecule has 0 N–H and O–H groups in total. The summed E-state index contributed by atoms with van der Waals surface area (Å²) in [5.41, 5.74) is 0.928. The van der Waals surface area contributed by atoms with Gasteiger partial charge in [0.15, 0.2) is 0 Å². The number of benzene rings is 1. The second-order valence-corrected chi connectivity index (χ2v) is 3.65. The maximum absolute atomic E-state index is 10.4. The molecule has 3 nitrogen and oxygen atoms in total. The van der Waals surface area contributed by atoms with Gasteiger partial charge in [0, 0.05) is 0 Å². The van der Waals surface area contributed by atoms with Crippen LogP contribution in [-0.2, 0) is 10.1 Å². The topological polar surface area (TPSA) is 57.2 Å². The van der Waals surface area contributed by atoms with E-state index in [1.54, 1.807) is 12.1 Å². The summed E-state index contributed by atoms with van der Waals surface area (Å²) in [5, 5.41) is 0. The van der Waals surface area contributed by atoms with Crippen molar-refractivity contribution in [2.45, 2.75) is 11.8 Å². The molecule has 0 aliphatic rings. The summed E-state index contributed by atoms with van der Waals surface area (Å²) >= 11 is 0. The van der Waals surface area contributed by atoms with Crippen LogP contribution in [0.2, 0.25) is 0 Å². The molecule has 0 spiro atoms. The van der Waals surface area contributed by atoms with Gasteiger partial charge >= 0.3 is 23.1 Å². The van der Waals surface area contributed by atoms with Crippen LogP contribution in [-0.4, -0.2) is 36.0 Å². The number of hydrogen-bond acceptors (Lipinski definition) is 3. The smallest absolute Gasteiger partial charge is 1.00 e. The standard InChI is InChI=1S/C7H8O3S.ClH.Mg/c1-6-2-4-7(5-3-6)11(8,9)10;;/h2-5H,1H3,(H,8,9,10);1H;/q;;+2/p-2. The molecule has 0 unspecified atom stereocenters. The van der Waals surface area contributed by atoms with Crippen molar-refractivity contribution >= 4 is 33.2 Å². The van der Waals surface area contributed by atoms with Gasteiger partial charge in [-0.2, -0.15) is 0 Å². The van der Waals surface area contributed by atoms with Crippen LogP contribution in [0.25, 0.3) is 0 Å². The quantitative estimate of drug-likeness (QED) is 0.397. The normalized spacial score (nSPS) is 9.69. The number of halogens is 1. The minimum absolute atomic E-state index is 0. The predicted octanol–water partition coefficient (Wildman–Crippen LogP) is -2.48. The van der Waals surface area contributed by atoms with Gasteiger partial charge in [0.05, 0.1) is 4.90 Å². The zero-order valence-corrected chi connectivity index (χ0v) is 10.0. The average Bonchev–Trinajstić information content (AvgIpc) is 1.86. The van der Waals surface area contributed by atoms with E-state index in [1.807, 2.05) is 6.92 Å². The van der Waals surface area contributed by atoms with E-state index in [1.165, 1.54) is 12.1 Å². The Morgan fingerprint density at radius 2 is 1.54 bits per heavy atom. The van der Waals surface area contributed by atoms with E-state index in [0.29, 0.717) is 0 Å². The Morgan fingerprint density at radius 3 is 1.85 bits per heavy atom. The van der Waals surface area contributed by atoms with E-state index in [4.69, 9.17) is 0 Å². The molecule has 6 heteroatoms. The van der Waals surface area contributed by atoms with Crippen molar-refractivity contribution in [1.29, 1.82) is 0 Å². The SMILES string of the molecule is Cc1ccc(S(=O)(=O)[O-])cc1.[Cl-].[Mg+2]. The first-order valence-electron chi connectivity index (χ1n) is 3.03. The molecule has 0 atom stereocenters. The fourth-order valence-electron chi connectivity index (χ4n) is 0.705. The first kappa shape index (κ1) is 15.6. The zero-order valence-electron chi connectivity index (χ0n) is 7.03. The van der Waals surface area contributed by atoms with Crippen LogP contribution in [0.15, 0.2) is 29.2 Å². The molecule has 1 aromatic carbocycles. The first-order chi connectivity index (χ1) is 5.00. The largest absolute Gasteiger partial charge is 2.00 e. The summed E-state index contributed by atoms with van der Waals surface area (Å²) in [6, 6.07) is 5.78. The zero-order chi connectivity index (χ0) is 8.48. The predicted molar refractivity (Wildman–Crippen MR) is 44.9 cm³/mol. The molecule has 0 amide bonds. The van der Waals surface area contributed by atoms with Crippen LogP contribution in [0.1, 0.15) is 5.56 Å². The number of rotatable bonds is 1. The van der Waals surface area contributed by atoms with E-state index in [-0.39, 0.29) is 40.4 Å². The van der Waals surface area contributed by atoms with Gasteiger partial charge < -0.3 is 17.0 Å². The van der Waals surface area contributed by atoms with Crippen molar-refractivity contribution in [3.05, 3.63) is 29.8 Å². The third kappa shape index (κ3) is 4.83. The Bertz CT molecular complexity index is 347. The second-order valence-electron chi connectivity index (χ2n) is 2.27. The molecule has 0 saturated carbocycles. The van der Waals surface area contributed by atoms with Crippen molar-refractivity contribution in [1.82, 2.24) is 0 Å². The fourth-order valence-corrected chi connectivity index (χ4v) is 1.17. The first-order valence-corrected chi connectivity index (χ1v) is 4.43. The Hall–Kier alpha value is 0.186. The van der Waals surface area contributed by atoms with Gasteiger partial charge in [0.25, 0.3) is 0 Å². The van der Waals surface area contributed by atoms with Crippen LogP contribution in [0.3, 0.4) is 0 Å². The van der Waals surface area contributed by atoms with Crippen LogP contribution in [0.5, 0.6) is 0 Å². The van der Waals surface area contributed by atoms with Gasteiger partial charge in [-0.3, -0.25) is 0 Å². The third-order valence-electron chi connectivity index (χ3n) is 1.31. The van der Waals surface area contributed by atoms with Gasteiger partial charge in [-0.1, -0.05) is 17.7 Å². The summed E-state index contributed by atoms with van der Waals surface area (Å²) < 4.78 is 31.2. The van der Waals surface area contributed by atoms with Gasteiger partial charge in [-0.05, 0) is 19.1 Å². The summed E-state index contributed by atoms with van der Waals surface area (Å²) in [4.78, 5) is -0.178. The molecule has 0 aliphatic carbocycles. The maximum Gasteiger partial charge on any atom is 2.00 e. The van der Waals surface area contributed by atoms with Crippen molar-refractivity contribution < 1.29 is 25.4 Å². The van der Waals surface area contributed by atoms with E-state index in [9.17, 15) is 13.0 Å². The maximum atomic E-state index is 10.4. The average molecular weight is 231 g/mol. The molecule has 68 valence electrons. The molecule has 0 heterocycles. The van der Waals surface area contributed by atoms with Crippen molar-refractivity contribution in [2.24, 2.45) is 0 Å². The van der Waals surface area contributed by atoms with Crippen LogP contribution in [0.4, 0.5) is 0 Å². The Morgan fingerprint density at radius 1 is 1.15 bits per heavy atom. The molecular formula is C7H7ClMgO3S. The van der Waals surface area contributed by atoms with Crippen molar-refractivity contribution in [3.8, 4) is 0 Å². The molecule has 1 rings (SSSR count). The molecule has 0 radical (unpaired) electrons. The van der Waals surface area contributed by atoms with E-state index in [2.05, 4.69) is 0 Å². The Balaban J connectivity index is 0. The number of aryl methyl sites for hydroxylation is 1. The summed E-state index contributed by atoms with van der Waals surface area (Å²) in [6.45, 7) is 1.82. The molecule has 0 bridgehead atoms. The molecule has 1 aromatic rings. The van der Waals surface area contributed by atoms with Gasteiger partial charge in [-0.25, -0.2) is 8.42 Å². The molecular weight excluding hydrogens is 224 g/mol. The molecule has 0 fully saturated rings. The summed E-state index contributed by atoms with van der Waals surface area (Å²) in [7, 11) is -4.27. The van der Waals surface area contributed by atoms with E-state index in [0.717, 1.165) is 5.56 Å². The molecule has 0 saturated heterocycles. The van der Waals surface area contributed by atoms with Crippen LogP contribution >= 0.6 is 0 Å². The van der Waals surface area contributed by atoms with Gasteiger partial charge in [0.2, 0.25) is 0 Å². The minimum atomic E-state index is -4.27. The van der Waals surface area contributed by atoms with E-state index >= 15 is 0 Å². The minimum Gasteiger partial charge on any atom is -1.00 e. The summed E-state index contributed by atoms with van der Waals surface area (Å²) in [6.07, 6.45) is 0. The van der Waals surface area contributed by atoms with Crippen LogP contribution < -0.4 is 12.4 Å². The molecule has 0 aliphatic heterocycles. The second kappa shape index (κ2) is 5.82. The Labute approximate surface area is 99.8 Å². The fraction of sp³-hybridized carbons (Fsp3) is 0.143. The van der Waals surface area contributed by atoms with Gasteiger partial charge in [0.1, 0.15) is 10.1 Å². The van der Waals surface area contributed by atoms with E-state index < -0.39 is 10.1 Å². The van der Waals surface area contributed by atoms with Gasteiger partial charge in [-0.15, -0.1) is 0 Å². The molecule has 0 aromatic heterocycles. The van der Waals surface area contributed by atoms with Crippen LogP contribution in [0, 0.1) is 6.92 Å². The summed E-state index contributed by atoms with van der Waals surface area (Å²) in [5.74, 6) is 0. The Kier molecular flexibility index (Phi) is 7.01. The van der Waals surface area contributed by atoms with Crippen molar-refractivity contribution in [2.75, 3.05) is 0 Å². The number of hydrogen-bond donors (Lipinski definition) is 0. The molecule has 13 heavy (non-hydrogen) atoms.